The molecule has 0 aliphatic heterocycles. The van der Waals surface area contributed by atoms with Gasteiger partial charge < -0.3 is 20.5 Å². The van der Waals surface area contributed by atoms with Gasteiger partial charge in [-0.3, -0.25) is 15.0 Å². The predicted molar refractivity (Wildman–Crippen MR) is 109 cm³/mol. The quantitative estimate of drug-likeness (QED) is 0.205. The number of aromatic carboxylic acids is 1. The van der Waals surface area contributed by atoms with Crippen LogP contribution < -0.4 is 15.4 Å². The first-order valence-electron chi connectivity index (χ1n) is 8.86. The molecule has 4 N–H and O–H groups in total. The third-order valence-electron chi connectivity index (χ3n) is 3.75. The Morgan fingerprint density at radius 1 is 1.14 bits per heavy atom. The zero-order valence-electron chi connectivity index (χ0n) is 16.7. The van der Waals surface area contributed by atoms with Gasteiger partial charge in [0.2, 0.25) is 11.8 Å². The summed E-state index contributed by atoms with van der Waals surface area (Å²) in [7, 11) is 0. The third kappa shape index (κ3) is 7.94. The number of hydrogen-bond donors (Lipinski definition) is 4. The summed E-state index contributed by atoms with van der Waals surface area (Å²) in [5.74, 6) is -2.98. The van der Waals surface area contributed by atoms with Gasteiger partial charge in [-0.15, -0.1) is 11.8 Å². The molecule has 2 atom stereocenters. The molecule has 0 aromatic heterocycles. The molecule has 10 heteroatoms. The van der Waals surface area contributed by atoms with E-state index in [1.54, 1.807) is 19.9 Å². The maximum absolute atomic E-state index is 12.6. The molecule has 0 spiro atoms. The van der Waals surface area contributed by atoms with Gasteiger partial charge in [0.15, 0.2) is 0 Å². The van der Waals surface area contributed by atoms with Crippen LogP contribution in [0.5, 0.6) is 5.75 Å². The Labute approximate surface area is 173 Å². The first-order valence-corrected chi connectivity index (χ1v) is 9.84. The van der Waals surface area contributed by atoms with Crippen LogP contribution >= 0.6 is 11.8 Å². The first kappa shape index (κ1) is 24.2. The molecule has 0 radical (unpaired) electrons. The highest BCUT2D eigenvalue weighted by atomic mass is 32.2. The Morgan fingerprint density at radius 2 is 1.72 bits per heavy atom. The van der Waals surface area contributed by atoms with E-state index in [2.05, 4.69) is 10.6 Å². The highest BCUT2D eigenvalue weighted by molar-refractivity contribution is 8.14. The van der Waals surface area contributed by atoms with Crippen molar-refractivity contribution in [1.82, 2.24) is 10.6 Å². The van der Waals surface area contributed by atoms with Crippen molar-refractivity contribution in [2.45, 2.75) is 46.2 Å². The van der Waals surface area contributed by atoms with Crippen molar-refractivity contribution < 1.29 is 29.0 Å². The summed E-state index contributed by atoms with van der Waals surface area (Å²) >= 11 is 0.990. The lowest BCUT2D eigenvalue weighted by Crippen LogP contribution is -2.45. The summed E-state index contributed by atoms with van der Waals surface area (Å²) in [6.45, 7) is 6.11. The second-order valence-corrected chi connectivity index (χ2v) is 7.38. The number of rotatable bonds is 9. The van der Waals surface area contributed by atoms with Gasteiger partial charge in [-0.2, -0.15) is 0 Å². The van der Waals surface area contributed by atoms with Crippen molar-refractivity contribution >= 4 is 40.6 Å². The average molecular weight is 423 g/mol. The van der Waals surface area contributed by atoms with Gasteiger partial charge in [0.1, 0.15) is 17.4 Å². The van der Waals surface area contributed by atoms with E-state index < -0.39 is 29.9 Å². The van der Waals surface area contributed by atoms with Crippen LogP contribution in [0, 0.1) is 12.3 Å². The standard InChI is InChI=1S/C19H25N3O6S/c1-5-14(21-11(3)23)17(20)29-9-15(22-12(4)24)19(27)28-16-8-10(2)6-7-13(16)18(25)26/h6-8,14-15,20H,5,9H2,1-4H3,(H,21,23)(H,22,24)(H,25,26). The molecule has 2 unspecified atom stereocenters. The smallest absolute Gasteiger partial charge is 0.339 e. The number of carbonyl (C=O) groups excluding carboxylic acids is 3. The minimum Gasteiger partial charge on any atom is -0.478 e. The molecule has 0 bridgehead atoms. The van der Waals surface area contributed by atoms with Crippen LogP contribution in [0.3, 0.4) is 0 Å². The van der Waals surface area contributed by atoms with Gasteiger partial charge in [-0.05, 0) is 31.0 Å². The summed E-state index contributed by atoms with van der Waals surface area (Å²) < 4.78 is 5.25. The zero-order valence-corrected chi connectivity index (χ0v) is 17.5. The largest absolute Gasteiger partial charge is 0.478 e. The summed E-state index contributed by atoms with van der Waals surface area (Å²) in [6.07, 6.45) is 0.492. The van der Waals surface area contributed by atoms with Gasteiger partial charge in [0.25, 0.3) is 0 Å². The Hall–Kier alpha value is -2.88. The molecule has 1 aromatic carbocycles. The SMILES string of the molecule is CCC(NC(C)=O)C(=N)SCC(NC(C)=O)C(=O)Oc1cc(C)ccc1C(=O)O. The van der Waals surface area contributed by atoms with E-state index >= 15 is 0 Å². The van der Waals surface area contributed by atoms with Crippen LogP contribution in [0.4, 0.5) is 0 Å². The van der Waals surface area contributed by atoms with Gasteiger partial charge in [-0.25, -0.2) is 9.59 Å². The Kier molecular flexibility index (Phi) is 9.33. The number of carbonyl (C=O) groups is 4. The van der Waals surface area contributed by atoms with Crippen LogP contribution in [0.1, 0.15) is 43.1 Å². The first-order chi connectivity index (χ1) is 13.5. The molecule has 29 heavy (non-hydrogen) atoms. The van der Waals surface area contributed by atoms with Crippen molar-refractivity contribution in [2.75, 3.05) is 5.75 Å². The Morgan fingerprint density at radius 3 is 2.24 bits per heavy atom. The summed E-state index contributed by atoms with van der Waals surface area (Å²) in [4.78, 5) is 46.6. The van der Waals surface area contributed by atoms with Crippen molar-refractivity contribution in [3.05, 3.63) is 29.3 Å². The van der Waals surface area contributed by atoms with Gasteiger partial charge in [0.05, 0.1) is 11.1 Å². The highest BCUT2D eigenvalue weighted by Crippen LogP contribution is 2.21. The minimum atomic E-state index is -1.25. The lowest BCUT2D eigenvalue weighted by Gasteiger charge is -2.20. The van der Waals surface area contributed by atoms with Crippen molar-refractivity contribution in [2.24, 2.45) is 0 Å². The van der Waals surface area contributed by atoms with Crippen molar-refractivity contribution in [1.29, 1.82) is 5.41 Å². The number of hydrogen-bond acceptors (Lipinski definition) is 7. The maximum atomic E-state index is 12.6. The van der Waals surface area contributed by atoms with E-state index in [-0.39, 0.29) is 28.0 Å². The van der Waals surface area contributed by atoms with E-state index in [1.165, 1.54) is 26.0 Å². The van der Waals surface area contributed by atoms with Crippen molar-refractivity contribution in [3.63, 3.8) is 0 Å². The second kappa shape index (κ2) is 11.2. The Balaban J connectivity index is 2.93. The number of amides is 2. The minimum absolute atomic E-state index is 0.0123. The van der Waals surface area contributed by atoms with Crippen LogP contribution in [-0.2, 0) is 14.4 Å². The van der Waals surface area contributed by atoms with E-state index in [4.69, 9.17) is 10.1 Å². The van der Waals surface area contributed by atoms with Gasteiger partial charge >= 0.3 is 11.9 Å². The monoisotopic (exact) mass is 423 g/mol. The molecule has 0 aliphatic carbocycles. The molecule has 0 saturated carbocycles. The zero-order chi connectivity index (χ0) is 22.1. The average Bonchev–Trinajstić information content (AvgIpc) is 2.62. The van der Waals surface area contributed by atoms with Gasteiger partial charge in [0, 0.05) is 19.6 Å². The summed E-state index contributed by atoms with van der Waals surface area (Å²) in [5.41, 5.74) is 0.522. The fourth-order valence-electron chi connectivity index (χ4n) is 2.36. The molecule has 0 aliphatic rings. The fraction of sp³-hybridized carbons (Fsp3) is 0.421. The lowest BCUT2D eigenvalue weighted by molar-refractivity contribution is -0.138. The molecule has 2 amide bonds. The number of thioether (sulfide) groups is 1. The molecule has 0 fully saturated rings. The molecule has 0 heterocycles. The molecule has 1 aromatic rings. The van der Waals surface area contributed by atoms with Crippen LogP contribution in [0.25, 0.3) is 0 Å². The van der Waals surface area contributed by atoms with E-state index in [0.717, 1.165) is 11.8 Å². The highest BCUT2D eigenvalue weighted by Gasteiger charge is 2.26. The molecule has 158 valence electrons. The number of carboxylic acid groups (broad SMARTS) is 1. The number of esters is 1. The summed E-state index contributed by atoms with van der Waals surface area (Å²) in [6, 6.07) is 2.73. The normalized spacial score (nSPS) is 12.4. The van der Waals surface area contributed by atoms with Crippen LogP contribution in [0.15, 0.2) is 18.2 Å². The number of ether oxygens (including phenoxy) is 1. The molecule has 0 saturated heterocycles. The summed E-state index contributed by atoms with van der Waals surface area (Å²) in [5, 5.41) is 22.6. The fourth-order valence-corrected chi connectivity index (χ4v) is 3.35. The van der Waals surface area contributed by atoms with E-state index in [1.807, 2.05) is 0 Å². The Bertz CT molecular complexity index is 811. The van der Waals surface area contributed by atoms with Crippen molar-refractivity contribution in [3.8, 4) is 5.75 Å². The number of aryl methyl sites for hydroxylation is 1. The lowest BCUT2D eigenvalue weighted by atomic mass is 10.1. The van der Waals surface area contributed by atoms with E-state index in [0.29, 0.717) is 12.0 Å². The number of nitrogens with one attached hydrogen (secondary N) is 3. The third-order valence-corrected chi connectivity index (χ3v) is 4.84. The topological polar surface area (TPSA) is 146 Å². The molecular weight excluding hydrogens is 398 g/mol. The number of benzene rings is 1. The maximum Gasteiger partial charge on any atom is 0.339 e. The molecular formula is C19H25N3O6S. The second-order valence-electron chi connectivity index (χ2n) is 6.32. The van der Waals surface area contributed by atoms with Crippen LogP contribution in [-0.4, -0.2) is 51.7 Å². The van der Waals surface area contributed by atoms with Gasteiger partial charge in [-0.1, -0.05) is 13.0 Å². The molecule has 9 nitrogen and oxygen atoms in total. The van der Waals surface area contributed by atoms with Crippen LogP contribution in [0.2, 0.25) is 0 Å². The van der Waals surface area contributed by atoms with E-state index in [9.17, 15) is 24.3 Å². The molecule has 1 rings (SSSR count). The predicted octanol–water partition coefficient (Wildman–Crippen LogP) is 1.73. The number of carboxylic acids is 1.